The monoisotopic (exact) mass is 370 g/mol. The summed E-state index contributed by atoms with van der Waals surface area (Å²) in [4.78, 5) is 37.9. The van der Waals surface area contributed by atoms with E-state index in [9.17, 15) is 14.4 Å². The summed E-state index contributed by atoms with van der Waals surface area (Å²) in [5.74, 6) is -0.710. The van der Waals surface area contributed by atoms with Crippen molar-refractivity contribution in [3.63, 3.8) is 0 Å². The highest BCUT2D eigenvalue weighted by Crippen LogP contribution is 2.31. The van der Waals surface area contributed by atoms with E-state index < -0.39 is 11.1 Å². The smallest absolute Gasteiger partial charge is 0.294 e. The maximum absolute atomic E-state index is 12.4. The molecule has 3 amide bonds. The second-order valence-corrected chi connectivity index (χ2v) is 7.38. The Labute approximate surface area is 157 Å². The van der Waals surface area contributed by atoms with Gasteiger partial charge in [-0.05, 0) is 55.5 Å². The van der Waals surface area contributed by atoms with E-state index in [1.807, 2.05) is 30.3 Å². The first-order valence-corrected chi connectivity index (χ1v) is 9.70. The molecule has 1 heterocycles. The highest BCUT2D eigenvalue weighted by molar-refractivity contribution is 8.18. The Morgan fingerprint density at radius 3 is 2.73 bits per heavy atom. The Morgan fingerprint density at radius 1 is 1.19 bits per heavy atom. The summed E-state index contributed by atoms with van der Waals surface area (Å²) >= 11 is 0.875. The Morgan fingerprint density at radius 2 is 2.00 bits per heavy atom. The SMILES string of the molecule is O=C(CN1C(=O)S/C(=C/c2ccccc2)C1=O)NCCC1=CCCCC1. The number of nitrogens with zero attached hydrogens (tertiary/aromatic N) is 1. The number of rotatable bonds is 6. The van der Waals surface area contributed by atoms with Gasteiger partial charge in [0, 0.05) is 6.54 Å². The lowest BCUT2D eigenvalue weighted by Crippen LogP contribution is -2.39. The third-order valence-electron chi connectivity index (χ3n) is 4.43. The van der Waals surface area contributed by atoms with Gasteiger partial charge in [-0.25, -0.2) is 0 Å². The fraction of sp³-hybridized carbons (Fsp3) is 0.350. The van der Waals surface area contributed by atoms with Crippen LogP contribution >= 0.6 is 11.8 Å². The van der Waals surface area contributed by atoms with Crippen LogP contribution in [0, 0.1) is 0 Å². The van der Waals surface area contributed by atoms with E-state index in [1.54, 1.807) is 6.08 Å². The van der Waals surface area contributed by atoms with Crippen molar-refractivity contribution in [3.05, 3.63) is 52.4 Å². The second-order valence-electron chi connectivity index (χ2n) is 6.39. The molecule has 0 unspecified atom stereocenters. The molecule has 1 N–H and O–H groups in total. The van der Waals surface area contributed by atoms with Crippen LogP contribution in [0.5, 0.6) is 0 Å². The molecule has 26 heavy (non-hydrogen) atoms. The zero-order chi connectivity index (χ0) is 18.4. The van der Waals surface area contributed by atoms with Crippen LogP contribution in [-0.4, -0.2) is 35.0 Å². The van der Waals surface area contributed by atoms with Crippen molar-refractivity contribution in [3.8, 4) is 0 Å². The maximum Gasteiger partial charge on any atom is 0.294 e. The van der Waals surface area contributed by atoms with E-state index in [4.69, 9.17) is 0 Å². The molecule has 1 aromatic rings. The van der Waals surface area contributed by atoms with Gasteiger partial charge >= 0.3 is 0 Å². The number of nitrogens with one attached hydrogen (secondary N) is 1. The summed E-state index contributed by atoms with van der Waals surface area (Å²) in [6.45, 7) is 0.316. The van der Waals surface area contributed by atoms with E-state index in [2.05, 4.69) is 11.4 Å². The van der Waals surface area contributed by atoms with E-state index in [0.717, 1.165) is 41.5 Å². The van der Waals surface area contributed by atoms with Crippen LogP contribution in [0.1, 0.15) is 37.7 Å². The fourth-order valence-corrected chi connectivity index (χ4v) is 3.87. The summed E-state index contributed by atoms with van der Waals surface area (Å²) in [6.07, 6.45) is 9.44. The van der Waals surface area contributed by atoms with Crippen LogP contribution in [0.3, 0.4) is 0 Å². The molecule has 0 radical (unpaired) electrons. The quantitative estimate of drug-likeness (QED) is 0.612. The molecule has 1 aromatic carbocycles. The molecule has 1 saturated heterocycles. The Bertz CT molecular complexity index is 756. The second kappa shape index (κ2) is 8.85. The molecule has 136 valence electrons. The molecule has 0 aromatic heterocycles. The van der Waals surface area contributed by atoms with Gasteiger partial charge in [-0.15, -0.1) is 0 Å². The summed E-state index contributed by atoms with van der Waals surface area (Å²) in [5.41, 5.74) is 2.23. The Kier molecular flexibility index (Phi) is 6.28. The third-order valence-corrected chi connectivity index (χ3v) is 5.33. The number of hydrogen-bond donors (Lipinski definition) is 1. The highest BCUT2D eigenvalue weighted by atomic mass is 32.2. The average Bonchev–Trinajstić information content (AvgIpc) is 2.91. The van der Waals surface area contributed by atoms with Crippen molar-refractivity contribution in [1.82, 2.24) is 10.2 Å². The topological polar surface area (TPSA) is 66.5 Å². The van der Waals surface area contributed by atoms with Crippen molar-refractivity contribution >= 4 is 34.9 Å². The number of thioether (sulfide) groups is 1. The van der Waals surface area contributed by atoms with E-state index in [-0.39, 0.29) is 12.5 Å². The first-order valence-electron chi connectivity index (χ1n) is 8.88. The van der Waals surface area contributed by atoms with Crippen LogP contribution < -0.4 is 5.32 Å². The number of amides is 3. The number of imide groups is 1. The van der Waals surface area contributed by atoms with Crippen LogP contribution in [0.2, 0.25) is 0 Å². The minimum absolute atomic E-state index is 0.226. The van der Waals surface area contributed by atoms with Crippen LogP contribution in [-0.2, 0) is 9.59 Å². The zero-order valence-corrected chi connectivity index (χ0v) is 15.4. The van der Waals surface area contributed by atoms with Gasteiger partial charge in [0.1, 0.15) is 6.54 Å². The first kappa shape index (κ1) is 18.5. The molecule has 6 heteroatoms. The zero-order valence-electron chi connectivity index (χ0n) is 14.6. The third kappa shape index (κ3) is 4.85. The van der Waals surface area contributed by atoms with Gasteiger partial charge < -0.3 is 5.32 Å². The van der Waals surface area contributed by atoms with Crippen molar-refractivity contribution in [2.75, 3.05) is 13.1 Å². The number of carbonyl (C=O) groups excluding carboxylic acids is 3. The summed E-state index contributed by atoms with van der Waals surface area (Å²) in [7, 11) is 0. The molecule has 0 spiro atoms. The predicted octanol–water partition coefficient (Wildman–Crippen LogP) is 3.73. The Hall–Kier alpha value is -2.34. The van der Waals surface area contributed by atoms with E-state index >= 15 is 0 Å². The predicted molar refractivity (Wildman–Crippen MR) is 103 cm³/mol. The van der Waals surface area contributed by atoms with E-state index in [0.29, 0.717) is 11.4 Å². The average molecular weight is 370 g/mol. The van der Waals surface area contributed by atoms with E-state index in [1.165, 1.54) is 18.4 Å². The lowest BCUT2D eigenvalue weighted by atomic mass is 9.97. The van der Waals surface area contributed by atoms with Crippen molar-refractivity contribution in [2.45, 2.75) is 32.1 Å². The normalized spacial score (nSPS) is 19.0. The van der Waals surface area contributed by atoms with Crippen LogP contribution in [0.25, 0.3) is 6.08 Å². The van der Waals surface area contributed by atoms with Gasteiger partial charge in [0.15, 0.2) is 0 Å². The molecule has 5 nitrogen and oxygen atoms in total. The van der Waals surface area contributed by atoms with Crippen LogP contribution in [0.15, 0.2) is 46.9 Å². The fourth-order valence-electron chi connectivity index (χ4n) is 3.03. The van der Waals surface area contributed by atoms with Gasteiger partial charge in [-0.1, -0.05) is 42.0 Å². The molecule has 0 saturated carbocycles. The minimum Gasteiger partial charge on any atom is -0.354 e. The number of benzene rings is 1. The van der Waals surface area contributed by atoms with Gasteiger partial charge in [-0.2, -0.15) is 0 Å². The molecule has 0 atom stereocenters. The number of hydrogen-bond acceptors (Lipinski definition) is 4. The largest absolute Gasteiger partial charge is 0.354 e. The van der Waals surface area contributed by atoms with Gasteiger partial charge in [0.25, 0.3) is 11.1 Å². The molecular weight excluding hydrogens is 348 g/mol. The first-order chi connectivity index (χ1) is 12.6. The lowest BCUT2D eigenvalue weighted by molar-refractivity contribution is -0.129. The van der Waals surface area contributed by atoms with Crippen molar-refractivity contribution in [1.29, 1.82) is 0 Å². The van der Waals surface area contributed by atoms with Crippen LogP contribution in [0.4, 0.5) is 4.79 Å². The van der Waals surface area contributed by atoms with Gasteiger partial charge in [0.05, 0.1) is 4.91 Å². The summed E-state index contributed by atoms with van der Waals surface area (Å²) in [5, 5.41) is 2.41. The minimum atomic E-state index is -0.408. The van der Waals surface area contributed by atoms with Crippen molar-refractivity contribution < 1.29 is 14.4 Å². The molecule has 0 bridgehead atoms. The number of carbonyl (C=O) groups is 3. The molecular formula is C20H22N2O3S. The Balaban J connectivity index is 1.51. The highest BCUT2D eigenvalue weighted by Gasteiger charge is 2.36. The molecule has 1 aliphatic carbocycles. The molecule has 3 rings (SSSR count). The van der Waals surface area contributed by atoms with Crippen molar-refractivity contribution in [2.24, 2.45) is 0 Å². The number of allylic oxidation sites excluding steroid dienone is 1. The summed E-state index contributed by atoms with van der Waals surface area (Å²) < 4.78 is 0. The lowest BCUT2D eigenvalue weighted by Gasteiger charge is -2.14. The van der Waals surface area contributed by atoms with Gasteiger partial charge in [-0.3, -0.25) is 19.3 Å². The molecule has 1 fully saturated rings. The standard InChI is InChI=1S/C20H22N2O3S/c23-18(21-12-11-15-7-3-1-4-8-15)14-22-19(24)17(26-20(22)25)13-16-9-5-2-6-10-16/h2,5-7,9-10,13H,1,3-4,8,11-12,14H2,(H,21,23)/b17-13+. The maximum atomic E-state index is 12.4. The molecule has 2 aliphatic rings. The molecule has 1 aliphatic heterocycles. The van der Waals surface area contributed by atoms with Gasteiger partial charge in [0.2, 0.25) is 5.91 Å². The summed E-state index contributed by atoms with van der Waals surface area (Å²) in [6, 6.07) is 9.34.